The van der Waals surface area contributed by atoms with E-state index in [4.69, 9.17) is 14.2 Å². The molecule has 2 aliphatic rings. The Hall–Kier alpha value is -0.580. The number of rotatable bonds is 4. The van der Waals surface area contributed by atoms with Crippen molar-refractivity contribution in [2.24, 2.45) is 5.92 Å². The molecule has 1 aromatic carbocycles. The van der Waals surface area contributed by atoms with Crippen molar-refractivity contribution in [3.05, 3.63) is 28.7 Å². The van der Waals surface area contributed by atoms with Gasteiger partial charge in [-0.3, -0.25) is 0 Å². The highest BCUT2D eigenvalue weighted by Gasteiger charge is 2.46. The summed E-state index contributed by atoms with van der Waals surface area (Å²) in [6.45, 7) is 4.05. The fraction of sp³-hybridized carbons (Fsp3) is 0.600. The van der Waals surface area contributed by atoms with Crippen molar-refractivity contribution in [2.75, 3.05) is 19.8 Å². The molecule has 0 aromatic heterocycles. The first-order valence-electron chi connectivity index (χ1n) is 6.80. The van der Waals surface area contributed by atoms with E-state index in [1.165, 1.54) is 12.8 Å². The first-order chi connectivity index (χ1) is 9.16. The van der Waals surface area contributed by atoms with Crippen LogP contribution >= 0.6 is 15.9 Å². The van der Waals surface area contributed by atoms with Crippen LogP contribution in [0, 0.1) is 5.92 Å². The smallest absolute Gasteiger partial charge is 0.119 e. The highest BCUT2D eigenvalue weighted by Crippen LogP contribution is 2.43. The average Bonchev–Trinajstić information content (AvgIpc) is 3.23. The number of hydrogen-bond acceptors (Lipinski definition) is 3. The molecule has 1 heterocycles. The molecular formula is C15H19BrO3. The van der Waals surface area contributed by atoms with Crippen molar-refractivity contribution in [3.63, 3.8) is 0 Å². The number of benzene rings is 1. The Kier molecular flexibility index (Phi) is 3.83. The van der Waals surface area contributed by atoms with Gasteiger partial charge in [-0.15, -0.1) is 0 Å². The minimum Gasteiger partial charge on any atom is -0.491 e. The zero-order chi connectivity index (χ0) is 13.3. The van der Waals surface area contributed by atoms with Crippen LogP contribution in [0.4, 0.5) is 0 Å². The lowest BCUT2D eigenvalue weighted by Crippen LogP contribution is -2.48. The maximum atomic E-state index is 6.18. The van der Waals surface area contributed by atoms with Gasteiger partial charge in [-0.25, -0.2) is 0 Å². The molecule has 3 nitrogen and oxygen atoms in total. The molecule has 3 rings (SSSR count). The summed E-state index contributed by atoms with van der Waals surface area (Å²) >= 11 is 3.41. The monoisotopic (exact) mass is 326 g/mol. The lowest BCUT2D eigenvalue weighted by Gasteiger charge is -2.38. The van der Waals surface area contributed by atoms with E-state index in [1.807, 2.05) is 24.3 Å². The third kappa shape index (κ3) is 3.30. The Labute approximate surface area is 122 Å². The molecule has 0 unspecified atom stereocenters. The zero-order valence-corrected chi connectivity index (χ0v) is 12.7. The Morgan fingerprint density at radius 3 is 2.74 bits per heavy atom. The van der Waals surface area contributed by atoms with Gasteiger partial charge in [-0.1, -0.05) is 15.9 Å². The fourth-order valence-corrected chi connectivity index (χ4v) is 2.82. The molecule has 1 aliphatic heterocycles. The molecule has 1 saturated heterocycles. The lowest BCUT2D eigenvalue weighted by molar-refractivity contribution is -0.206. The maximum absolute atomic E-state index is 6.18. The van der Waals surface area contributed by atoms with Crippen molar-refractivity contribution in [1.29, 1.82) is 0 Å². The second kappa shape index (κ2) is 5.43. The van der Waals surface area contributed by atoms with E-state index >= 15 is 0 Å². The van der Waals surface area contributed by atoms with Gasteiger partial charge in [-0.2, -0.15) is 0 Å². The van der Waals surface area contributed by atoms with E-state index in [2.05, 4.69) is 22.9 Å². The highest BCUT2D eigenvalue weighted by atomic mass is 79.9. The molecule has 0 amide bonds. The number of hydrogen-bond donors (Lipinski definition) is 0. The van der Waals surface area contributed by atoms with Gasteiger partial charge in [0, 0.05) is 4.47 Å². The van der Waals surface area contributed by atoms with Crippen molar-refractivity contribution in [3.8, 4) is 5.75 Å². The molecule has 0 radical (unpaired) electrons. The third-order valence-electron chi connectivity index (χ3n) is 3.82. The van der Waals surface area contributed by atoms with Crippen LogP contribution in [0.2, 0.25) is 0 Å². The third-order valence-corrected chi connectivity index (χ3v) is 4.35. The van der Waals surface area contributed by atoms with E-state index in [0.717, 1.165) is 10.2 Å². The van der Waals surface area contributed by atoms with Crippen LogP contribution in [-0.2, 0) is 9.47 Å². The summed E-state index contributed by atoms with van der Waals surface area (Å²) in [5.41, 5.74) is -0.105. The Balaban J connectivity index is 1.53. The first-order valence-corrected chi connectivity index (χ1v) is 7.59. The Morgan fingerprint density at radius 1 is 1.32 bits per heavy atom. The van der Waals surface area contributed by atoms with E-state index in [9.17, 15) is 0 Å². The van der Waals surface area contributed by atoms with Crippen LogP contribution in [0.15, 0.2) is 28.7 Å². The predicted molar refractivity (Wildman–Crippen MR) is 76.5 cm³/mol. The van der Waals surface area contributed by atoms with E-state index < -0.39 is 0 Å². The Bertz CT molecular complexity index is 430. The van der Waals surface area contributed by atoms with Crippen LogP contribution in [0.3, 0.4) is 0 Å². The van der Waals surface area contributed by atoms with Gasteiger partial charge in [0.25, 0.3) is 0 Å². The average molecular weight is 327 g/mol. The zero-order valence-electron chi connectivity index (χ0n) is 11.1. The molecule has 0 bridgehead atoms. The van der Waals surface area contributed by atoms with Crippen molar-refractivity contribution < 1.29 is 14.2 Å². The van der Waals surface area contributed by atoms with Gasteiger partial charge in [-0.05, 0) is 49.9 Å². The van der Waals surface area contributed by atoms with Crippen LogP contribution in [-0.4, -0.2) is 31.5 Å². The Morgan fingerprint density at radius 2 is 2.05 bits per heavy atom. The standard InChI is InChI=1S/C15H19BrO3/c1-15(11-2-3-11)10-17-8-14(19-15)9-18-13-6-4-12(16)5-7-13/h4-7,11,14H,2-3,8-10H2,1H3/t14-,15-/m0/s1. The van der Waals surface area contributed by atoms with Crippen LogP contribution in [0.25, 0.3) is 0 Å². The highest BCUT2D eigenvalue weighted by molar-refractivity contribution is 9.10. The molecule has 0 spiro atoms. The molecule has 2 fully saturated rings. The summed E-state index contributed by atoms with van der Waals surface area (Å²) in [6, 6.07) is 7.85. The van der Waals surface area contributed by atoms with Gasteiger partial charge < -0.3 is 14.2 Å². The van der Waals surface area contributed by atoms with E-state index in [-0.39, 0.29) is 11.7 Å². The second-order valence-electron chi connectivity index (χ2n) is 5.61. The van der Waals surface area contributed by atoms with Crippen LogP contribution in [0.5, 0.6) is 5.75 Å². The summed E-state index contributed by atoms with van der Waals surface area (Å²) in [6.07, 6.45) is 2.56. The topological polar surface area (TPSA) is 27.7 Å². The van der Waals surface area contributed by atoms with Gasteiger partial charge in [0.2, 0.25) is 0 Å². The van der Waals surface area contributed by atoms with Crippen LogP contribution < -0.4 is 4.74 Å². The molecule has 19 heavy (non-hydrogen) atoms. The fourth-order valence-electron chi connectivity index (χ4n) is 2.55. The quantitative estimate of drug-likeness (QED) is 0.848. The predicted octanol–water partition coefficient (Wildman–Crippen LogP) is 3.41. The first kappa shape index (κ1) is 13.4. The van der Waals surface area contributed by atoms with Crippen LogP contribution in [0.1, 0.15) is 19.8 Å². The molecule has 2 atom stereocenters. The van der Waals surface area contributed by atoms with Gasteiger partial charge >= 0.3 is 0 Å². The lowest BCUT2D eigenvalue weighted by atomic mass is 10.00. The summed E-state index contributed by atoms with van der Waals surface area (Å²) in [5.74, 6) is 1.54. The molecule has 1 saturated carbocycles. The van der Waals surface area contributed by atoms with Gasteiger partial charge in [0.1, 0.15) is 18.5 Å². The van der Waals surface area contributed by atoms with Gasteiger partial charge in [0.15, 0.2) is 0 Å². The maximum Gasteiger partial charge on any atom is 0.119 e. The second-order valence-corrected chi connectivity index (χ2v) is 6.52. The molecule has 0 N–H and O–H groups in total. The van der Waals surface area contributed by atoms with Crippen molar-refractivity contribution in [1.82, 2.24) is 0 Å². The SMILES string of the molecule is C[C@@]1(C2CC2)COC[C@@H](COc2ccc(Br)cc2)O1. The largest absolute Gasteiger partial charge is 0.491 e. The number of halogens is 1. The summed E-state index contributed by atoms with van der Waals surface area (Å²) in [5, 5.41) is 0. The summed E-state index contributed by atoms with van der Waals surface area (Å²) in [7, 11) is 0. The summed E-state index contributed by atoms with van der Waals surface area (Å²) < 4.78 is 18.7. The molecule has 1 aromatic rings. The van der Waals surface area contributed by atoms with Crippen molar-refractivity contribution >= 4 is 15.9 Å². The minimum atomic E-state index is -0.105. The molecule has 1 aliphatic carbocycles. The molecule has 4 heteroatoms. The normalized spacial score (nSPS) is 31.2. The summed E-state index contributed by atoms with van der Waals surface area (Å²) in [4.78, 5) is 0. The number of ether oxygens (including phenoxy) is 3. The minimum absolute atomic E-state index is 0.0306. The van der Waals surface area contributed by atoms with E-state index in [0.29, 0.717) is 25.7 Å². The molecular weight excluding hydrogens is 308 g/mol. The molecule has 104 valence electrons. The van der Waals surface area contributed by atoms with Crippen molar-refractivity contribution in [2.45, 2.75) is 31.5 Å². The van der Waals surface area contributed by atoms with Gasteiger partial charge in [0.05, 0.1) is 18.8 Å². The van der Waals surface area contributed by atoms with E-state index in [1.54, 1.807) is 0 Å².